The molecule has 70 valence electrons. The molecule has 2 N–H and O–H groups in total. The van der Waals surface area contributed by atoms with Crippen LogP contribution in [0.1, 0.15) is 26.7 Å². The van der Waals surface area contributed by atoms with Crippen molar-refractivity contribution in [2.45, 2.75) is 26.7 Å². The fraction of sp³-hybridized carbons (Fsp3) is 0.889. The van der Waals surface area contributed by atoms with Gasteiger partial charge in [-0.25, -0.2) is 0 Å². The second-order valence-electron chi connectivity index (χ2n) is 4.18. The first-order valence-electron chi connectivity index (χ1n) is 4.47. The van der Waals surface area contributed by atoms with Gasteiger partial charge in [0.1, 0.15) is 0 Å². The SMILES string of the molecule is CC(CNCC1(C)CC1)C(=O)O. The summed E-state index contributed by atoms with van der Waals surface area (Å²) >= 11 is 0. The van der Waals surface area contributed by atoms with Crippen molar-refractivity contribution in [3.05, 3.63) is 0 Å². The fourth-order valence-electron chi connectivity index (χ4n) is 1.07. The molecule has 0 radical (unpaired) electrons. The van der Waals surface area contributed by atoms with E-state index in [2.05, 4.69) is 12.2 Å². The van der Waals surface area contributed by atoms with Crippen LogP contribution in [0.2, 0.25) is 0 Å². The highest BCUT2D eigenvalue weighted by Gasteiger charge is 2.36. The first kappa shape index (κ1) is 9.52. The van der Waals surface area contributed by atoms with Crippen LogP contribution in [0.4, 0.5) is 0 Å². The van der Waals surface area contributed by atoms with Crippen molar-refractivity contribution in [2.24, 2.45) is 11.3 Å². The van der Waals surface area contributed by atoms with Gasteiger partial charge in [0.05, 0.1) is 5.92 Å². The lowest BCUT2D eigenvalue weighted by Gasteiger charge is -2.11. The van der Waals surface area contributed by atoms with Crippen molar-refractivity contribution in [2.75, 3.05) is 13.1 Å². The van der Waals surface area contributed by atoms with Crippen molar-refractivity contribution in [3.63, 3.8) is 0 Å². The van der Waals surface area contributed by atoms with E-state index in [1.165, 1.54) is 12.8 Å². The molecular formula is C9H17NO2. The maximum Gasteiger partial charge on any atom is 0.307 e. The summed E-state index contributed by atoms with van der Waals surface area (Å²) < 4.78 is 0. The lowest BCUT2D eigenvalue weighted by Crippen LogP contribution is -2.30. The zero-order valence-electron chi connectivity index (χ0n) is 7.76. The van der Waals surface area contributed by atoms with Crippen molar-refractivity contribution < 1.29 is 9.90 Å². The second-order valence-corrected chi connectivity index (χ2v) is 4.18. The molecule has 0 heterocycles. The van der Waals surface area contributed by atoms with Gasteiger partial charge in [-0.1, -0.05) is 13.8 Å². The summed E-state index contributed by atoms with van der Waals surface area (Å²) in [6.45, 7) is 5.51. The van der Waals surface area contributed by atoms with Crippen molar-refractivity contribution in [1.29, 1.82) is 0 Å². The van der Waals surface area contributed by atoms with E-state index < -0.39 is 5.97 Å². The van der Waals surface area contributed by atoms with Crippen molar-refractivity contribution in [1.82, 2.24) is 5.32 Å². The highest BCUT2D eigenvalue weighted by atomic mass is 16.4. The normalized spacial score (nSPS) is 21.8. The average Bonchev–Trinajstić information content (AvgIpc) is 2.68. The Hall–Kier alpha value is -0.570. The third kappa shape index (κ3) is 2.81. The molecule has 0 aromatic carbocycles. The van der Waals surface area contributed by atoms with Gasteiger partial charge in [-0.3, -0.25) is 4.79 Å². The number of aliphatic carboxylic acids is 1. The summed E-state index contributed by atoms with van der Waals surface area (Å²) in [5, 5.41) is 11.8. The van der Waals surface area contributed by atoms with Gasteiger partial charge in [-0.05, 0) is 18.3 Å². The molecule has 1 fully saturated rings. The Kier molecular flexibility index (Phi) is 2.73. The molecule has 1 atom stereocenters. The van der Waals surface area contributed by atoms with Crippen LogP contribution in [0.5, 0.6) is 0 Å². The molecule has 0 saturated heterocycles. The lowest BCUT2D eigenvalue weighted by molar-refractivity contribution is -0.140. The van der Waals surface area contributed by atoms with E-state index in [0.717, 1.165) is 6.54 Å². The van der Waals surface area contributed by atoms with Crippen LogP contribution < -0.4 is 5.32 Å². The number of hydrogen-bond donors (Lipinski definition) is 2. The molecule has 1 aliphatic carbocycles. The second kappa shape index (κ2) is 3.44. The molecular weight excluding hydrogens is 154 g/mol. The van der Waals surface area contributed by atoms with Gasteiger partial charge in [-0.2, -0.15) is 0 Å². The maximum absolute atomic E-state index is 10.4. The van der Waals surface area contributed by atoms with Crippen LogP contribution in [0, 0.1) is 11.3 Å². The van der Waals surface area contributed by atoms with E-state index >= 15 is 0 Å². The number of hydrogen-bond acceptors (Lipinski definition) is 2. The van der Waals surface area contributed by atoms with Crippen LogP contribution >= 0.6 is 0 Å². The largest absolute Gasteiger partial charge is 0.481 e. The van der Waals surface area contributed by atoms with Gasteiger partial charge in [0.2, 0.25) is 0 Å². The smallest absolute Gasteiger partial charge is 0.307 e. The van der Waals surface area contributed by atoms with Crippen LogP contribution in [0.25, 0.3) is 0 Å². The van der Waals surface area contributed by atoms with Gasteiger partial charge in [-0.15, -0.1) is 0 Å². The number of rotatable bonds is 5. The minimum atomic E-state index is -0.719. The molecule has 0 aliphatic heterocycles. The molecule has 0 aromatic heterocycles. The van der Waals surface area contributed by atoms with E-state index in [1.54, 1.807) is 6.92 Å². The Morgan fingerprint density at radius 1 is 1.67 bits per heavy atom. The number of nitrogens with one attached hydrogen (secondary N) is 1. The Bertz CT molecular complexity index is 175. The van der Waals surface area contributed by atoms with Gasteiger partial charge in [0, 0.05) is 13.1 Å². The third-order valence-corrected chi connectivity index (χ3v) is 2.53. The molecule has 1 saturated carbocycles. The number of carboxylic acids is 1. The molecule has 0 amide bonds. The molecule has 1 aliphatic rings. The van der Waals surface area contributed by atoms with E-state index in [1.807, 2.05) is 0 Å². The maximum atomic E-state index is 10.4. The minimum Gasteiger partial charge on any atom is -0.481 e. The first-order valence-corrected chi connectivity index (χ1v) is 4.47. The summed E-state index contributed by atoms with van der Waals surface area (Å²) in [5.41, 5.74) is 0.470. The van der Waals surface area contributed by atoms with E-state index in [0.29, 0.717) is 12.0 Å². The summed E-state index contributed by atoms with van der Waals surface area (Å²) in [6, 6.07) is 0. The molecule has 12 heavy (non-hydrogen) atoms. The topological polar surface area (TPSA) is 49.3 Å². The standard InChI is InChI=1S/C9H17NO2/c1-7(8(11)12)5-10-6-9(2)3-4-9/h7,10H,3-6H2,1-2H3,(H,11,12). The fourth-order valence-corrected chi connectivity index (χ4v) is 1.07. The summed E-state index contributed by atoms with van der Waals surface area (Å²) in [5.74, 6) is -0.990. The quantitative estimate of drug-likeness (QED) is 0.651. The summed E-state index contributed by atoms with van der Waals surface area (Å²) in [4.78, 5) is 10.4. The van der Waals surface area contributed by atoms with Gasteiger partial charge in [0.25, 0.3) is 0 Å². The molecule has 3 nitrogen and oxygen atoms in total. The summed E-state index contributed by atoms with van der Waals surface area (Å²) in [7, 11) is 0. The molecule has 1 unspecified atom stereocenters. The van der Waals surface area contributed by atoms with E-state index in [4.69, 9.17) is 5.11 Å². The Morgan fingerprint density at radius 3 is 2.67 bits per heavy atom. The minimum absolute atomic E-state index is 0.271. The highest BCUT2D eigenvalue weighted by Crippen LogP contribution is 2.43. The molecule has 1 rings (SSSR count). The molecule has 3 heteroatoms. The van der Waals surface area contributed by atoms with Crippen LogP contribution in [0.3, 0.4) is 0 Å². The molecule has 0 bridgehead atoms. The van der Waals surface area contributed by atoms with Gasteiger partial charge >= 0.3 is 5.97 Å². The zero-order valence-corrected chi connectivity index (χ0v) is 7.76. The zero-order chi connectivity index (χ0) is 9.19. The van der Waals surface area contributed by atoms with Crippen molar-refractivity contribution in [3.8, 4) is 0 Å². The first-order chi connectivity index (χ1) is 5.53. The van der Waals surface area contributed by atoms with Gasteiger partial charge < -0.3 is 10.4 Å². The van der Waals surface area contributed by atoms with E-state index in [-0.39, 0.29) is 5.92 Å². The van der Waals surface area contributed by atoms with Crippen LogP contribution in [-0.2, 0) is 4.79 Å². The monoisotopic (exact) mass is 171 g/mol. The Morgan fingerprint density at radius 2 is 2.25 bits per heavy atom. The van der Waals surface area contributed by atoms with Crippen molar-refractivity contribution >= 4 is 5.97 Å². The number of carbonyl (C=O) groups is 1. The number of carboxylic acid groups (broad SMARTS) is 1. The predicted molar refractivity (Wildman–Crippen MR) is 47.0 cm³/mol. The summed E-state index contributed by atoms with van der Waals surface area (Å²) in [6.07, 6.45) is 2.56. The lowest BCUT2D eigenvalue weighted by atomic mass is 10.1. The Balaban J connectivity index is 2.05. The van der Waals surface area contributed by atoms with E-state index in [9.17, 15) is 4.79 Å². The van der Waals surface area contributed by atoms with Crippen LogP contribution in [0.15, 0.2) is 0 Å². The average molecular weight is 171 g/mol. The predicted octanol–water partition coefficient (Wildman–Crippen LogP) is 1.10. The Labute approximate surface area is 73.2 Å². The van der Waals surface area contributed by atoms with Crippen LogP contribution in [-0.4, -0.2) is 24.2 Å². The molecule has 0 aromatic rings. The highest BCUT2D eigenvalue weighted by molar-refractivity contribution is 5.69. The molecule has 0 spiro atoms. The van der Waals surface area contributed by atoms with Gasteiger partial charge in [0.15, 0.2) is 0 Å². The third-order valence-electron chi connectivity index (χ3n) is 2.53.